The number of halogens is 2. The number of hydrogen-bond acceptors (Lipinski definition) is 5. The molecule has 36 heavy (non-hydrogen) atoms. The maximum atomic E-state index is 14.2. The Labute approximate surface area is 204 Å². The van der Waals surface area contributed by atoms with Gasteiger partial charge in [0.1, 0.15) is 23.9 Å². The molecule has 1 aliphatic carbocycles. The number of nitrogens with zero attached hydrogens (tertiary/aromatic N) is 3. The summed E-state index contributed by atoms with van der Waals surface area (Å²) in [6, 6.07) is 7.61. The molecule has 0 atom stereocenters. The van der Waals surface area contributed by atoms with Gasteiger partial charge in [-0.15, -0.1) is 0 Å². The molecule has 0 saturated carbocycles. The van der Waals surface area contributed by atoms with Crippen LogP contribution in [-0.4, -0.2) is 44.4 Å². The lowest BCUT2D eigenvalue weighted by Gasteiger charge is -2.45. The Morgan fingerprint density at radius 1 is 1.00 bits per heavy atom. The molecular formula is C26H23F2N3O5. The lowest BCUT2D eigenvalue weighted by atomic mass is 9.93. The quantitative estimate of drug-likeness (QED) is 0.579. The number of rotatable bonds is 3. The summed E-state index contributed by atoms with van der Waals surface area (Å²) in [6.45, 7) is 3.50. The molecule has 0 saturated heterocycles. The van der Waals surface area contributed by atoms with Crippen molar-refractivity contribution in [3.63, 3.8) is 0 Å². The number of carboxylic acids is 1. The number of carbonyl (C=O) groups excluding carboxylic acids is 1. The molecule has 3 aromatic rings. The Morgan fingerprint density at radius 3 is 2.06 bits per heavy atom. The lowest BCUT2D eigenvalue weighted by molar-refractivity contribution is 0.0612. The number of carboxylic acid groups (broad SMARTS) is 1. The summed E-state index contributed by atoms with van der Waals surface area (Å²) in [5.74, 6) is -4.04. The van der Waals surface area contributed by atoms with Crippen molar-refractivity contribution in [2.45, 2.75) is 38.8 Å². The smallest absolute Gasteiger partial charge is 0.341 e. The van der Waals surface area contributed by atoms with Gasteiger partial charge in [0.2, 0.25) is 5.43 Å². The molecule has 5 rings (SSSR count). The number of aromatic carboxylic acids is 1. The predicted molar refractivity (Wildman–Crippen MR) is 126 cm³/mol. The van der Waals surface area contributed by atoms with Gasteiger partial charge in [0.15, 0.2) is 11.4 Å². The third-order valence-corrected chi connectivity index (χ3v) is 6.82. The van der Waals surface area contributed by atoms with Gasteiger partial charge in [-0.05, 0) is 73.2 Å². The minimum Gasteiger partial charge on any atom is -0.502 e. The summed E-state index contributed by atoms with van der Waals surface area (Å²) >= 11 is 0. The molecule has 2 aromatic carbocycles. The fourth-order valence-corrected chi connectivity index (χ4v) is 5.04. The molecule has 0 spiro atoms. The maximum absolute atomic E-state index is 14.2. The van der Waals surface area contributed by atoms with Crippen LogP contribution in [0, 0.1) is 11.6 Å². The second-order valence-corrected chi connectivity index (χ2v) is 9.26. The van der Waals surface area contributed by atoms with Gasteiger partial charge in [0.25, 0.3) is 5.91 Å². The van der Waals surface area contributed by atoms with E-state index in [2.05, 4.69) is 0 Å². The third-order valence-electron chi connectivity index (χ3n) is 6.82. The Bertz CT molecular complexity index is 1430. The van der Waals surface area contributed by atoms with Crippen LogP contribution in [0.2, 0.25) is 0 Å². The Hall–Kier alpha value is -4.21. The van der Waals surface area contributed by atoms with Crippen LogP contribution in [-0.2, 0) is 12.8 Å². The minimum absolute atomic E-state index is 0.0385. The summed E-state index contributed by atoms with van der Waals surface area (Å²) in [4.78, 5) is 39.2. The minimum atomic E-state index is -1.56. The first-order chi connectivity index (χ1) is 17.1. The van der Waals surface area contributed by atoms with E-state index in [1.807, 2.05) is 0 Å². The van der Waals surface area contributed by atoms with E-state index in [0.29, 0.717) is 35.1 Å². The van der Waals surface area contributed by atoms with Gasteiger partial charge in [0, 0.05) is 12.2 Å². The van der Waals surface area contributed by atoms with Crippen LogP contribution in [0.25, 0.3) is 0 Å². The standard InChI is InChI=1S/C26H23F2N3O5/c1-13(2)29-12-31(30-11-20(26(35)36)23(32)24(33)22(30)25(29)34)21-18-7-5-16(27)9-14(18)3-4-15-10-17(28)6-8-19(15)21/h5-11,13,21,33H,3-4,12H2,1-2H3,(H,35,36). The summed E-state index contributed by atoms with van der Waals surface area (Å²) in [6.07, 6.45) is 1.89. The van der Waals surface area contributed by atoms with Crippen molar-refractivity contribution in [1.82, 2.24) is 9.58 Å². The number of fused-ring (bicyclic) bond motifs is 3. The zero-order valence-electron chi connectivity index (χ0n) is 19.5. The molecule has 1 aromatic heterocycles. The molecule has 186 valence electrons. The SMILES string of the molecule is CC(C)N1CN(C2c3ccc(F)cc3CCc3cc(F)ccc32)n2cc(C(=O)O)c(=O)c(O)c2C1=O. The zero-order chi connectivity index (χ0) is 25.9. The van der Waals surface area contributed by atoms with Gasteiger partial charge in [0.05, 0.1) is 6.04 Å². The number of carbonyl (C=O) groups is 2. The van der Waals surface area contributed by atoms with Crippen LogP contribution in [0.3, 0.4) is 0 Å². The van der Waals surface area contributed by atoms with Crippen LogP contribution in [0.4, 0.5) is 8.78 Å². The fraction of sp³-hybridized carbons (Fsp3) is 0.269. The van der Waals surface area contributed by atoms with E-state index in [1.54, 1.807) is 31.0 Å². The number of aromatic nitrogens is 1. The molecular weight excluding hydrogens is 472 g/mol. The third kappa shape index (κ3) is 3.60. The number of benzene rings is 2. The zero-order valence-corrected chi connectivity index (χ0v) is 19.5. The van der Waals surface area contributed by atoms with Crippen molar-refractivity contribution in [2.24, 2.45) is 0 Å². The van der Waals surface area contributed by atoms with E-state index in [1.165, 1.54) is 33.8 Å². The van der Waals surface area contributed by atoms with Crippen molar-refractivity contribution < 1.29 is 28.6 Å². The van der Waals surface area contributed by atoms with Crippen molar-refractivity contribution in [3.8, 4) is 5.75 Å². The van der Waals surface area contributed by atoms with Crippen molar-refractivity contribution in [2.75, 3.05) is 11.7 Å². The predicted octanol–water partition coefficient (Wildman–Crippen LogP) is 3.18. The van der Waals surface area contributed by atoms with Crippen molar-refractivity contribution in [1.29, 1.82) is 0 Å². The van der Waals surface area contributed by atoms with E-state index in [9.17, 15) is 33.4 Å². The molecule has 0 radical (unpaired) electrons. The lowest BCUT2D eigenvalue weighted by Crippen LogP contribution is -2.57. The van der Waals surface area contributed by atoms with Gasteiger partial charge in [-0.2, -0.15) is 0 Å². The molecule has 2 aliphatic rings. The maximum Gasteiger partial charge on any atom is 0.341 e. The van der Waals surface area contributed by atoms with Crippen molar-refractivity contribution >= 4 is 11.9 Å². The van der Waals surface area contributed by atoms with Gasteiger partial charge < -0.3 is 15.1 Å². The molecule has 2 N–H and O–H groups in total. The monoisotopic (exact) mass is 495 g/mol. The molecule has 1 aliphatic heterocycles. The van der Waals surface area contributed by atoms with Crippen LogP contribution in [0.15, 0.2) is 47.4 Å². The van der Waals surface area contributed by atoms with Gasteiger partial charge in [-0.25, -0.2) is 13.6 Å². The highest BCUT2D eigenvalue weighted by atomic mass is 19.1. The van der Waals surface area contributed by atoms with E-state index in [4.69, 9.17) is 0 Å². The first-order valence-electron chi connectivity index (χ1n) is 11.4. The Kier molecular flexibility index (Phi) is 5.54. The number of amides is 1. The number of pyridine rings is 1. The van der Waals surface area contributed by atoms with Crippen LogP contribution in [0.1, 0.15) is 63.0 Å². The van der Waals surface area contributed by atoms with Crippen LogP contribution >= 0.6 is 0 Å². The summed E-state index contributed by atoms with van der Waals surface area (Å²) in [5.41, 5.74) is 0.464. The number of aromatic hydroxyl groups is 1. The largest absolute Gasteiger partial charge is 0.502 e. The van der Waals surface area contributed by atoms with Gasteiger partial charge in [-0.1, -0.05) is 12.1 Å². The van der Waals surface area contributed by atoms with Crippen LogP contribution < -0.4 is 10.4 Å². The highest BCUT2D eigenvalue weighted by Crippen LogP contribution is 2.39. The first-order valence-corrected chi connectivity index (χ1v) is 11.4. The first kappa shape index (κ1) is 23.5. The van der Waals surface area contributed by atoms with Gasteiger partial charge in [-0.3, -0.25) is 19.3 Å². The second kappa shape index (κ2) is 8.47. The summed E-state index contributed by atoms with van der Waals surface area (Å²) in [7, 11) is 0. The number of hydrogen-bond donors (Lipinski definition) is 2. The fourth-order valence-electron chi connectivity index (χ4n) is 5.04. The van der Waals surface area contributed by atoms with Crippen molar-refractivity contribution in [3.05, 3.63) is 98.0 Å². The normalized spacial score (nSPS) is 15.4. The topological polar surface area (TPSA) is 103 Å². The van der Waals surface area contributed by atoms with E-state index in [-0.39, 0.29) is 18.4 Å². The molecule has 10 heteroatoms. The summed E-state index contributed by atoms with van der Waals surface area (Å²) in [5, 5.41) is 21.9. The molecule has 0 fully saturated rings. The second-order valence-electron chi connectivity index (χ2n) is 9.26. The van der Waals surface area contributed by atoms with E-state index >= 15 is 0 Å². The Morgan fingerprint density at radius 2 is 1.56 bits per heavy atom. The average molecular weight is 495 g/mol. The highest BCUT2D eigenvalue weighted by molar-refractivity contribution is 5.98. The average Bonchev–Trinajstić information content (AvgIpc) is 2.97. The molecule has 2 heterocycles. The highest BCUT2D eigenvalue weighted by Gasteiger charge is 2.40. The molecule has 0 bridgehead atoms. The molecule has 0 unspecified atom stereocenters. The number of aryl methyl sites for hydroxylation is 2. The molecule has 8 nitrogen and oxygen atoms in total. The Balaban J connectivity index is 1.84. The van der Waals surface area contributed by atoms with Crippen LogP contribution in [0.5, 0.6) is 5.75 Å². The molecule has 1 amide bonds. The van der Waals surface area contributed by atoms with E-state index < -0.39 is 46.3 Å². The summed E-state index contributed by atoms with van der Waals surface area (Å²) < 4.78 is 29.6. The van der Waals surface area contributed by atoms with Gasteiger partial charge >= 0.3 is 5.97 Å². The van der Waals surface area contributed by atoms with E-state index in [0.717, 1.165) is 6.20 Å².